The van der Waals surface area contributed by atoms with Gasteiger partial charge in [-0.2, -0.15) is 5.10 Å². The van der Waals surface area contributed by atoms with E-state index in [9.17, 15) is 4.79 Å². The number of rotatable bonds is 4. The fraction of sp³-hybridized carbons (Fsp3) is 0.636. The van der Waals surface area contributed by atoms with Crippen molar-refractivity contribution in [1.82, 2.24) is 15.1 Å². The number of amides is 1. The Balaban J connectivity index is 2.60. The summed E-state index contributed by atoms with van der Waals surface area (Å²) in [7, 11) is 1.71. The van der Waals surface area contributed by atoms with E-state index < -0.39 is 0 Å². The van der Waals surface area contributed by atoms with Crippen LogP contribution < -0.4 is 11.1 Å². The zero-order valence-corrected chi connectivity index (χ0v) is 10.3. The highest BCUT2D eigenvalue weighted by atomic mass is 16.2. The van der Waals surface area contributed by atoms with Crippen molar-refractivity contribution in [3.8, 4) is 0 Å². The predicted molar refractivity (Wildman–Crippen MR) is 64.0 cm³/mol. The first kappa shape index (κ1) is 12.5. The first-order valence-corrected chi connectivity index (χ1v) is 5.49. The van der Waals surface area contributed by atoms with Gasteiger partial charge in [-0.25, -0.2) is 0 Å². The standard InChI is InChI=1S/C11H20N4O/c1-7(2)8(3)5-13-11(16)10-9(12)6-14-15(10)4/h6-8H,5,12H2,1-4H3,(H,13,16). The molecule has 0 saturated heterocycles. The van der Waals surface area contributed by atoms with Crippen molar-refractivity contribution in [3.63, 3.8) is 0 Å². The van der Waals surface area contributed by atoms with E-state index >= 15 is 0 Å². The molecule has 5 heteroatoms. The highest BCUT2D eigenvalue weighted by Crippen LogP contribution is 2.11. The van der Waals surface area contributed by atoms with Crippen LogP contribution in [-0.4, -0.2) is 22.2 Å². The maximum atomic E-state index is 11.8. The van der Waals surface area contributed by atoms with Gasteiger partial charge in [0, 0.05) is 13.6 Å². The lowest BCUT2D eigenvalue weighted by atomic mass is 9.98. The Kier molecular flexibility index (Phi) is 3.93. The van der Waals surface area contributed by atoms with Gasteiger partial charge in [0.15, 0.2) is 0 Å². The quantitative estimate of drug-likeness (QED) is 0.802. The summed E-state index contributed by atoms with van der Waals surface area (Å²) < 4.78 is 1.49. The molecule has 1 aromatic rings. The molecule has 0 aliphatic carbocycles. The maximum absolute atomic E-state index is 11.8. The average molecular weight is 224 g/mol. The molecule has 16 heavy (non-hydrogen) atoms. The molecule has 0 aliphatic rings. The van der Waals surface area contributed by atoms with E-state index in [0.29, 0.717) is 29.8 Å². The lowest BCUT2D eigenvalue weighted by Gasteiger charge is -2.16. The molecule has 0 radical (unpaired) electrons. The van der Waals surface area contributed by atoms with Crippen LogP contribution in [0.4, 0.5) is 5.69 Å². The van der Waals surface area contributed by atoms with Gasteiger partial charge in [0.25, 0.3) is 5.91 Å². The van der Waals surface area contributed by atoms with Gasteiger partial charge in [-0.3, -0.25) is 9.48 Å². The van der Waals surface area contributed by atoms with Crippen molar-refractivity contribution in [1.29, 1.82) is 0 Å². The highest BCUT2D eigenvalue weighted by Gasteiger charge is 2.16. The zero-order chi connectivity index (χ0) is 12.3. The number of aryl methyl sites for hydroxylation is 1. The number of carbonyl (C=O) groups excluding carboxylic acids is 1. The van der Waals surface area contributed by atoms with E-state index in [1.807, 2.05) is 0 Å². The number of nitrogens with two attached hydrogens (primary N) is 1. The van der Waals surface area contributed by atoms with Crippen LogP contribution in [0, 0.1) is 11.8 Å². The van der Waals surface area contributed by atoms with Crippen LogP contribution >= 0.6 is 0 Å². The largest absolute Gasteiger partial charge is 0.396 e. The third-order valence-corrected chi connectivity index (χ3v) is 2.90. The van der Waals surface area contributed by atoms with E-state index in [4.69, 9.17) is 5.73 Å². The minimum atomic E-state index is -0.162. The summed E-state index contributed by atoms with van der Waals surface area (Å²) in [5.41, 5.74) is 6.51. The van der Waals surface area contributed by atoms with Crippen molar-refractivity contribution in [2.75, 3.05) is 12.3 Å². The number of aromatic nitrogens is 2. The Hall–Kier alpha value is -1.52. The van der Waals surface area contributed by atoms with E-state index in [-0.39, 0.29) is 5.91 Å². The number of hydrogen-bond donors (Lipinski definition) is 2. The second-order valence-electron chi connectivity index (χ2n) is 4.50. The number of nitrogens with one attached hydrogen (secondary N) is 1. The molecule has 0 spiro atoms. The molecule has 0 aromatic carbocycles. The second kappa shape index (κ2) is 5.01. The molecule has 1 rings (SSSR count). The molecule has 1 atom stereocenters. The van der Waals surface area contributed by atoms with Gasteiger partial charge in [0.05, 0.1) is 11.9 Å². The third kappa shape index (κ3) is 2.74. The fourth-order valence-corrected chi connectivity index (χ4v) is 1.31. The zero-order valence-electron chi connectivity index (χ0n) is 10.3. The van der Waals surface area contributed by atoms with E-state index in [1.54, 1.807) is 7.05 Å². The number of nitrogen functional groups attached to an aromatic ring is 1. The van der Waals surface area contributed by atoms with Gasteiger partial charge in [-0.05, 0) is 11.8 Å². The molecule has 90 valence electrons. The summed E-state index contributed by atoms with van der Waals surface area (Å²) >= 11 is 0. The van der Waals surface area contributed by atoms with Gasteiger partial charge < -0.3 is 11.1 Å². The molecule has 0 saturated carbocycles. The lowest BCUT2D eigenvalue weighted by molar-refractivity contribution is 0.0936. The normalized spacial score (nSPS) is 12.8. The monoisotopic (exact) mass is 224 g/mol. The molecule has 1 heterocycles. The molecular weight excluding hydrogens is 204 g/mol. The number of hydrogen-bond acceptors (Lipinski definition) is 3. The van der Waals surface area contributed by atoms with E-state index in [2.05, 4.69) is 31.2 Å². The molecule has 3 N–H and O–H groups in total. The summed E-state index contributed by atoms with van der Waals surface area (Å²) in [4.78, 5) is 11.8. The molecule has 1 unspecified atom stereocenters. The van der Waals surface area contributed by atoms with Crippen molar-refractivity contribution in [2.24, 2.45) is 18.9 Å². The van der Waals surface area contributed by atoms with E-state index in [0.717, 1.165) is 0 Å². The van der Waals surface area contributed by atoms with Crippen LogP contribution in [0.1, 0.15) is 31.3 Å². The Bertz CT molecular complexity index is 351. The smallest absolute Gasteiger partial charge is 0.271 e. The van der Waals surface area contributed by atoms with Crippen molar-refractivity contribution >= 4 is 11.6 Å². The van der Waals surface area contributed by atoms with Crippen molar-refractivity contribution < 1.29 is 4.79 Å². The van der Waals surface area contributed by atoms with Crippen LogP contribution in [-0.2, 0) is 7.05 Å². The second-order valence-corrected chi connectivity index (χ2v) is 4.50. The Morgan fingerprint density at radius 3 is 2.62 bits per heavy atom. The van der Waals surface area contributed by atoms with Gasteiger partial charge in [0.1, 0.15) is 5.69 Å². The summed E-state index contributed by atoms with van der Waals surface area (Å²) in [6.07, 6.45) is 1.49. The topological polar surface area (TPSA) is 72.9 Å². The molecule has 0 bridgehead atoms. The minimum Gasteiger partial charge on any atom is -0.396 e. The molecule has 0 fully saturated rings. The fourth-order valence-electron chi connectivity index (χ4n) is 1.31. The minimum absolute atomic E-state index is 0.162. The summed E-state index contributed by atoms with van der Waals surface area (Å²) in [5.74, 6) is 0.826. The number of anilines is 1. The predicted octanol–water partition coefficient (Wildman–Crippen LogP) is 1.02. The maximum Gasteiger partial charge on any atom is 0.271 e. The Morgan fingerprint density at radius 1 is 1.56 bits per heavy atom. The average Bonchev–Trinajstić information content (AvgIpc) is 2.54. The lowest BCUT2D eigenvalue weighted by Crippen LogP contribution is -2.31. The number of nitrogens with zero attached hydrogens (tertiary/aromatic N) is 2. The molecule has 1 amide bonds. The van der Waals surface area contributed by atoms with Crippen molar-refractivity contribution in [3.05, 3.63) is 11.9 Å². The van der Waals surface area contributed by atoms with Crippen LogP contribution in [0.5, 0.6) is 0 Å². The summed E-state index contributed by atoms with van der Waals surface area (Å²) in [6, 6.07) is 0. The first-order valence-electron chi connectivity index (χ1n) is 5.49. The first-order chi connectivity index (χ1) is 7.43. The summed E-state index contributed by atoms with van der Waals surface area (Å²) in [6.45, 7) is 7.03. The van der Waals surface area contributed by atoms with Gasteiger partial charge in [-0.15, -0.1) is 0 Å². The Morgan fingerprint density at radius 2 is 2.19 bits per heavy atom. The molecule has 5 nitrogen and oxygen atoms in total. The summed E-state index contributed by atoms with van der Waals surface area (Å²) in [5, 5.41) is 6.80. The molecule has 0 aliphatic heterocycles. The molecular formula is C11H20N4O. The molecule has 1 aromatic heterocycles. The van der Waals surface area contributed by atoms with Gasteiger partial charge in [-0.1, -0.05) is 20.8 Å². The van der Waals surface area contributed by atoms with Crippen LogP contribution in [0.2, 0.25) is 0 Å². The van der Waals surface area contributed by atoms with Crippen LogP contribution in [0.3, 0.4) is 0 Å². The highest BCUT2D eigenvalue weighted by molar-refractivity contribution is 5.97. The SMILES string of the molecule is CC(C)C(C)CNC(=O)c1c(N)cnn1C. The van der Waals surface area contributed by atoms with Gasteiger partial charge in [0.2, 0.25) is 0 Å². The van der Waals surface area contributed by atoms with Crippen LogP contribution in [0.25, 0.3) is 0 Å². The van der Waals surface area contributed by atoms with Gasteiger partial charge >= 0.3 is 0 Å². The van der Waals surface area contributed by atoms with E-state index in [1.165, 1.54) is 10.9 Å². The number of carbonyl (C=O) groups is 1. The van der Waals surface area contributed by atoms with Crippen LogP contribution in [0.15, 0.2) is 6.20 Å². The third-order valence-electron chi connectivity index (χ3n) is 2.90. The van der Waals surface area contributed by atoms with Crippen molar-refractivity contribution in [2.45, 2.75) is 20.8 Å². The Labute approximate surface area is 96.0 Å².